The van der Waals surface area contributed by atoms with E-state index in [4.69, 9.17) is 10.5 Å². The molecule has 0 saturated carbocycles. The summed E-state index contributed by atoms with van der Waals surface area (Å²) < 4.78 is 6.07. The monoisotopic (exact) mass is 873 g/mol. The summed E-state index contributed by atoms with van der Waals surface area (Å²) in [4.78, 5) is 36.6. The first kappa shape index (κ1) is 59.9. The van der Waals surface area contributed by atoms with Crippen LogP contribution in [0.3, 0.4) is 0 Å². The lowest BCUT2D eigenvalue weighted by Crippen LogP contribution is -2.40. The van der Waals surface area contributed by atoms with Crippen LogP contribution in [0.1, 0.15) is 290 Å². The summed E-state index contributed by atoms with van der Waals surface area (Å²) in [7, 11) is 0. The van der Waals surface area contributed by atoms with Crippen molar-refractivity contribution in [3.8, 4) is 0 Å². The fourth-order valence-electron chi connectivity index (χ4n) is 8.43. The lowest BCUT2D eigenvalue weighted by atomic mass is 10.0. The van der Waals surface area contributed by atoms with Crippen LogP contribution in [0.5, 0.6) is 0 Å². The normalized spacial score (nSPS) is 12.7. The molecule has 4 N–H and O–H groups in total. The zero-order valence-corrected chi connectivity index (χ0v) is 41.2. The summed E-state index contributed by atoms with van der Waals surface area (Å²) >= 11 is 0. The van der Waals surface area contributed by atoms with Gasteiger partial charge in [-0.2, -0.15) is 0 Å². The molecule has 0 radical (unpaired) electrons. The minimum atomic E-state index is -1.00. The van der Waals surface area contributed by atoms with Crippen LogP contribution in [0, 0.1) is 0 Å². The van der Waals surface area contributed by atoms with Crippen molar-refractivity contribution in [1.82, 2.24) is 5.32 Å². The summed E-state index contributed by atoms with van der Waals surface area (Å²) in [5.74, 6) is -1.24. The molecule has 0 aromatic carbocycles. The first-order valence-corrected chi connectivity index (χ1v) is 27.2. The number of allylic oxidation sites excluding steroid dienone is 4. The van der Waals surface area contributed by atoms with Gasteiger partial charge in [-0.3, -0.25) is 9.59 Å². The Hall–Kier alpha value is -2.15. The van der Waals surface area contributed by atoms with Crippen LogP contribution in [0.4, 0.5) is 0 Å². The van der Waals surface area contributed by atoms with E-state index in [0.717, 1.165) is 77.0 Å². The smallest absolute Gasteiger partial charge is 0.326 e. The van der Waals surface area contributed by atoms with E-state index in [2.05, 4.69) is 43.5 Å². The fraction of sp³-hybridized carbons (Fsp3) is 0.873. The molecule has 0 spiro atoms. The van der Waals surface area contributed by atoms with Gasteiger partial charge >= 0.3 is 11.9 Å². The van der Waals surface area contributed by atoms with E-state index < -0.39 is 12.0 Å². The number of amides is 1. The molecule has 0 aromatic rings. The molecule has 0 aromatic heterocycles. The summed E-state index contributed by atoms with van der Waals surface area (Å²) in [6, 6.07) is -0.860. The van der Waals surface area contributed by atoms with Crippen molar-refractivity contribution in [2.24, 2.45) is 5.73 Å². The fourth-order valence-corrected chi connectivity index (χ4v) is 8.43. The molecule has 7 heteroatoms. The van der Waals surface area contributed by atoms with Gasteiger partial charge in [-0.15, -0.1) is 0 Å². The third-order valence-electron chi connectivity index (χ3n) is 12.5. The number of carbonyl (C=O) groups is 3. The first-order valence-electron chi connectivity index (χ1n) is 27.2. The topological polar surface area (TPSA) is 119 Å². The van der Waals surface area contributed by atoms with Crippen molar-refractivity contribution in [3.05, 3.63) is 24.3 Å². The van der Waals surface area contributed by atoms with Crippen LogP contribution in [0.2, 0.25) is 0 Å². The molecule has 1 amide bonds. The quantitative estimate of drug-likeness (QED) is 0.0318. The van der Waals surface area contributed by atoms with E-state index >= 15 is 0 Å². The van der Waals surface area contributed by atoms with Gasteiger partial charge in [0.1, 0.15) is 12.1 Å². The number of nitrogens with one attached hydrogen (secondary N) is 1. The number of esters is 1. The number of hydrogen-bond acceptors (Lipinski definition) is 5. The maximum absolute atomic E-state index is 12.9. The van der Waals surface area contributed by atoms with Gasteiger partial charge in [0.25, 0.3) is 0 Å². The van der Waals surface area contributed by atoms with Crippen LogP contribution < -0.4 is 11.1 Å². The number of aliphatic carboxylic acids is 1. The molecule has 0 aliphatic heterocycles. The molecule has 2 unspecified atom stereocenters. The van der Waals surface area contributed by atoms with Gasteiger partial charge in [0.05, 0.1) is 0 Å². The highest BCUT2D eigenvalue weighted by molar-refractivity contribution is 5.83. The zero-order chi connectivity index (χ0) is 45.2. The maximum atomic E-state index is 12.9. The van der Waals surface area contributed by atoms with Crippen LogP contribution in [-0.4, -0.2) is 41.6 Å². The number of nitrogens with two attached hydrogens (primary N) is 1. The Labute approximate surface area is 384 Å². The summed E-state index contributed by atoms with van der Waals surface area (Å²) in [5.41, 5.74) is 5.50. The number of carboxylic acid groups (broad SMARTS) is 1. The Morgan fingerprint density at radius 3 is 1.31 bits per heavy atom. The third-order valence-corrected chi connectivity index (χ3v) is 12.5. The van der Waals surface area contributed by atoms with Crippen molar-refractivity contribution in [2.45, 2.75) is 302 Å². The van der Waals surface area contributed by atoms with E-state index in [1.54, 1.807) is 0 Å². The van der Waals surface area contributed by atoms with Gasteiger partial charge in [-0.1, -0.05) is 224 Å². The van der Waals surface area contributed by atoms with E-state index in [1.807, 2.05) is 0 Å². The Balaban J connectivity index is 4.19. The summed E-state index contributed by atoms with van der Waals surface area (Å²) in [6.07, 6.45) is 59.7. The third kappa shape index (κ3) is 45.9. The van der Waals surface area contributed by atoms with E-state index in [9.17, 15) is 19.5 Å². The van der Waals surface area contributed by atoms with Crippen LogP contribution in [0.15, 0.2) is 24.3 Å². The number of carbonyl (C=O) groups excluding carboxylic acids is 2. The maximum Gasteiger partial charge on any atom is 0.326 e. The van der Waals surface area contributed by atoms with Crippen molar-refractivity contribution >= 4 is 17.8 Å². The van der Waals surface area contributed by atoms with Crippen molar-refractivity contribution in [2.75, 3.05) is 6.54 Å². The number of hydrogen-bond donors (Lipinski definition) is 3. The van der Waals surface area contributed by atoms with Crippen molar-refractivity contribution < 1.29 is 24.2 Å². The van der Waals surface area contributed by atoms with Gasteiger partial charge in [-0.25, -0.2) is 4.79 Å². The molecule has 7 nitrogen and oxygen atoms in total. The predicted octanol–water partition coefficient (Wildman–Crippen LogP) is 16.4. The Morgan fingerprint density at radius 2 is 0.855 bits per heavy atom. The first-order chi connectivity index (χ1) is 30.4. The average Bonchev–Trinajstić information content (AvgIpc) is 3.26. The Kier molecular flexibility index (Phi) is 48.1. The minimum absolute atomic E-state index is 0.0275. The van der Waals surface area contributed by atoms with Crippen LogP contribution in [-0.2, 0) is 19.1 Å². The molecular formula is C55H104N2O5. The van der Waals surface area contributed by atoms with Gasteiger partial charge in [0.2, 0.25) is 5.91 Å². The molecule has 364 valence electrons. The molecule has 62 heavy (non-hydrogen) atoms. The molecular weight excluding hydrogens is 769 g/mol. The van der Waals surface area contributed by atoms with Crippen molar-refractivity contribution in [1.29, 1.82) is 0 Å². The second-order valence-corrected chi connectivity index (χ2v) is 18.6. The molecule has 0 aliphatic rings. The molecule has 0 bridgehead atoms. The second kappa shape index (κ2) is 49.9. The largest absolute Gasteiger partial charge is 0.480 e. The van der Waals surface area contributed by atoms with Crippen LogP contribution in [0.25, 0.3) is 0 Å². The second-order valence-electron chi connectivity index (χ2n) is 18.6. The Bertz CT molecular complexity index is 1030. The van der Waals surface area contributed by atoms with Gasteiger partial charge in [0, 0.05) is 12.8 Å². The molecule has 0 aliphatic carbocycles. The minimum Gasteiger partial charge on any atom is -0.480 e. The number of unbranched alkanes of at least 4 members (excludes halogenated alkanes) is 32. The predicted molar refractivity (Wildman–Crippen MR) is 267 cm³/mol. The number of rotatable bonds is 50. The molecule has 0 fully saturated rings. The lowest BCUT2D eigenvalue weighted by Gasteiger charge is -2.18. The molecule has 0 saturated heterocycles. The van der Waals surface area contributed by atoms with Crippen LogP contribution >= 0.6 is 0 Å². The standard InChI is InChI=1S/C55H104N2O5/c1-3-5-7-9-11-13-15-17-18-19-20-21-22-23-24-25-26-28-30-32-34-39-43-49-54(59)62-51(45-40-36-33-31-29-27-16-14-12-10-8-6-4-2)46-41-37-35-38-42-48-53(58)57-52(55(60)61)47-44-50-56/h16,27,31,33,51-52H,3-15,17-26,28-30,32,34-50,56H2,1-2H3,(H,57,58)(H,60,61)/b27-16-,33-31-. The van der Waals surface area contributed by atoms with E-state index in [-0.39, 0.29) is 18.0 Å². The highest BCUT2D eigenvalue weighted by atomic mass is 16.5. The Morgan fingerprint density at radius 1 is 0.468 bits per heavy atom. The molecule has 0 heterocycles. The summed E-state index contributed by atoms with van der Waals surface area (Å²) in [5, 5.41) is 12.0. The SMILES string of the molecule is CCCCCCC/C=C\C/C=C\CCCC(CCCCCCCC(=O)NC(CCCN)C(=O)O)OC(=O)CCCCCCCCCCCCCCCCCCCCCCCCC. The van der Waals surface area contributed by atoms with Gasteiger partial charge in [-0.05, 0) is 83.6 Å². The molecule has 0 rings (SSSR count). The number of carboxylic acids is 1. The van der Waals surface area contributed by atoms with Gasteiger partial charge < -0.3 is 20.9 Å². The number of ether oxygens (including phenoxy) is 1. The average molecular weight is 873 g/mol. The highest BCUT2D eigenvalue weighted by Gasteiger charge is 2.19. The zero-order valence-electron chi connectivity index (χ0n) is 41.2. The van der Waals surface area contributed by atoms with Gasteiger partial charge in [0.15, 0.2) is 0 Å². The molecule has 2 atom stereocenters. The lowest BCUT2D eigenvalue weighted by molar-refractivity contribution is -0.150. The van der Waals surface area contributed by atoms with E-state index in [1.165, 1.54) is 173 Å². The highest BCUT2D eigenvalue weighted by Crippen LogP contribution is 2.19. The van der Waals surface area contributed by atoms with E-state index in [0.29, 0.717) is 32.2 Å². The summed E-state index contributed by atoms with van der Waals surface area (Å²) in [6.45, 7) is 4.96. The van der Waals surface area contributed by atoms with Crippen molar-refractivity contribution in [3.63, 3.8) is 0 Å².